The minimum Gasteiger partial charge on any atom is -0.293 e. The summed E-state index contributed by atoms with van der Waals surface area (Å²) in [4.78, 5) is 12.8. The molecular weight excluding hydrogens is 232 g/mol. The fourth-order valence-electron chi connectivity index (χ4n) is 4.45. The number of rotatable bonds is 1. The van der Waals surface area contributed by atoms with E-state index in [0.717, 1.165) is 24.0 Å². The Kier molecular flexibility index (Phi) is 2.32. The van der Waals surface area contributed by atoms with Gasteiger partial charge in [-0.15, -0.1) is 0 Å². The van der Waals surface area contributed by atoms with Crippen LogP contribution >= 0.6 is 0 Å². The van der Waals surface area contributed by atoms with Gasteiger partial charge in [0, 0.05) is 16.9 Å². The van der Waals surface area contributed by atoms with Crippen LogP contribution in [0.5, 0.6) is 0 Å². The van der Waals surface area contributed by atoms with Gasteiger partial charge in [-0.3, -0.25) is 4.79 Å². The van der Waals surface area contributed by atoms with E-state index in [9.17, 15) is 4.79 Å². The molecule has 0 radical (unpaired) electrons. The predicted molar refractivity (Wildman–Crippen MR) is 76.5 cm³/mol. The fourth-order valence-corrected chi connectivity index (χ4v) is 4.45. The summed E-state index contributed by atoms with van der Waals surface area (Å²) in [5.41, 5.74) is 3.84. The molecule has 0 amide bonds. The quantitative estimate of drug-likeness (QED) is 0.684. The first kappa shape index (κ1) is 11.2. The Morgan fingerprint density at radius 2 is 1.95 bits per heavy atom. The standard InChI is InChI=1S/C18H18O/c19-17-15-9-4-5-11-18(15)12-6-10-14(18)16(17)13-7-2-1-3-8-13/h1-4,7-9,15H,5-6,10-12H2/t15-,18+/m1/s1. The molecule has 1 aromatic carbocycles. The van der Waals surface area contributed by atoms with Gasteiger partial charge in [0.25, 0.3) is 0 Å². The molecule has 0 bridgehead atoms. The highest BCUT2D eigenvalue weighted by Gasteiger charge is 2.54. The molecule has 1 heteroatoms. The lowest BCUT2D eigenvalue weighted by Crippen LogP contribution is -2.29. The molecule has 4 rings (SSSR count). The summed E-state index contributed by atoms with van der Waals surface area (Å²) in [6.45, 7) is 0. The van der Waals surface area contributed by atoms with E-state index >= 15 is 0 Å². The maximum absolute atomic E-state index is 12.8. The lowest BCUT2D eigenvalue weighted by Gasteiger charge is -2.34. The minimum absolute atomic E-state index is 0.133. The molecule has 2 atom stereocenters. The van der Waals surface area contributed by atoms with Crippen LogP contribution in [0.15, 0.2) is 48.1 Å². The normalized spacial score (nSPS) is 32.6. The van der Waals surface area contributed by atoms with Gasteiger partial charge in [-0.25, -0.2) is 0 Å². The third-order valence-corrected chi connectivity index (χ3v) is 5.22. The Morgan fingerprint density at radius 3 is 2.79 bits per heavy atom. The van der Waals surface area contributed by atoms with Gasteiger partial charge in [-0.05, 0) is 37.7 Å². The van der Waals surface area contributed by atoms with E-state index in [0.29, 0.717) is 5.78 Å². The Balaban J connectivity index is 1.93. The van der Waals surface area contributed by atoms with Crippen molar-refractivity contribution in [2.24, 2.45) is 11.3 Å². The van der Waals surface area contributed by atoms with Crippen molar-refractivity contribution >= 4 is 11.4 Å². The summed E-state index contributed by atoms with van der Waals surface area (Å²) in [5, 5.41) is 0. The SMILES string of the molecule is O=C1C(c2ccccc2)=C2CCC[C@@]23CCC=C[C@H]13. The van der Waals surface area contributed by atoms with Gasteiger partial charge in [0.2, 0.25) is 0 Å². The zero-order valence-electron chi connectivity index (χ0n) is 11.1. The van der Waals surface area contributed by atoms with E-state index < -0.39 is 0 Å². The third kappa shape index (κ3) is 1.39. The Hall–Kier alpha value is -1.63. The first-order valence-electron chi connectivity index (χ1n) is 7.33. The number of hydrogen-bond donors (Lipinski definition) is 0. The molecule has 0 aliphatic heterocycles. The molecule has 1 spiro atoms. The van der Waals surface area contributed by atoms with Gasteiger partial charge in [0.1, 0.15) is 0 Å². The van der Waals surface area contributed by atoms with E-state index in [1.165, 1.54) is 24.8 Å². The van der Waals surface area contributed by atoms with Crippen molar-refractivity contribution in [3.63, 3.8) is 0 Å². The average Bonchev–Trinajstić information content (AvgIpc) is 2.94. The van der Waals surface area contributed by atoms with E-state index in [1.807, 2.05) is 18.2 Å². The molecule has 1 nitrogen and oxygen atoms in total. The molecule has 1 aromatic rings. The van der Waals surface area contributed by atoms with Crippen LogP contribution in [0, 0.1) is 11.3 Å². The van der Waals surface area contributed by atoms with Gasteiger partial charge in [-0.1, -0.05) is 48.1 Å². The summed E-state index contributed by atoms with van der Waals surface area (Å²) in [5.74, 6) is 0.505. The summed E-state index contributed by atoms with van der Waals surface area (Å²) in [6, 6.07) is 10.3. The molecule has 0 aromatic heterocycles. The van der Waals surface area contributed by atoms with Crippen LogP contribution in [0.1, 0.15) is 37.7 Å². The molecule has 0 N–H and O–H groups in total. The van der Waals surface area contributed by atoms with Crippen molar-refractivity contribution in [1.29, 1.82) is 0 Å². The summed E-state index contributed by atoms with van der Waals surface area (Å²) in [6.07, 6.45) is 10.3. The number of benzene rings is 1. The van der Waals surface area contributed by atoms with Crippen LogP contribution in [0.25, 0.3) is 5.57 Å². The van der Waals surface area contributed by atoms with Crippen LogP contribution in [-0.4, -0.2) is 5.78 Å². The minimum atomic E-state index is 0.133. The number of carbonyl (C=O) groups excluding carboxylic acids is 1. The van der Waals surface area contributed by atoms with Crippen molar-refractivity contribution in [3.8, 4) is 0 Å². The van der Waals surface area contributed by atoms with E-state index in [4.69, 9.17) is 0 Å². The lowest BCUT2D eigenvalue weighted by atomic mass is 9.69. The van der Waals surface area contributed by atoms with E-state index in [-0.39, 0.29) is 11.3 Å². The maximum atomic E-state index is 12.8. The van der Waals surface area contributed by atoms with Gasteiger partial charge >= 0.3 is 0 Å². The molecule has 19 heavy (non-hydrogen) atoms. The van der Waals surface area contributed by atoms with Crippen molar-refractivity contribution < 1.29 is 4.79 Å². The monoisotopic (exact) mass is 250 g/mol. The molecule has 1 fully saturated rings. The Bertz CT molecular complexity index is 593. The number of ketones is 1. The summed E-state index contributed by atoms with van der Waals surface area (Å²) < 4.78 is 0. The summed E-state index contributed by atoms with van der Waals surface area (Å²) >= 11 is 0. The third-order valence-electron chi connectivity index (χ3n) is 5.22. The van der Waals surface area contributed by atoms with Crippen LogP contribution in [0.3, 0.4) is 0 Å². The molecule has 96 valence electrons. The van der Waals surface area contributed by atoms with Crippen molar-refractivity contribution in [1.82, 2.24) is 0 Å². The topological polar surface area (TPSA) is 17.1 Å². The molecule has 0 unspecified atom stereocenters. The van der Waals surface area contributed by atoms with Crippen molar-refractivity contribution in [2.45, 2.75) is 32.1 Å². The number of Topliss-reactive ketones (excluding diaryl/α,β-unsaturated/α-hetero) is 1. The maximum Gasteiger partial charge on any atom is 0.171 e. The van der Waals surface area contributed by atoms with E-state index in [1.54, 1.807) is 0 Å². The van der Waals surface area contributed by atoms with Crippen molar-refractivity contribution in [3.05, 3.63) is 53.6 Å². The Labute approximate surface area is 114 Å². The summed E-state index contributed by atoms with van der Waals surface area (Å²) in [7, 11) is 0. The average molecular weight is 250 g/mol. The van der Waals surface area contributed by atoms with Crippen LogP contribution in [0.2, 0.25) is 0 Å². The fraction of sp³-hybridized carbons (Fsp3) is 0.389. The second-order valence-electron chi connectivity index (χ2n) is 6.04. The molecular formula is C18H18O. The first-order valence-corrected chi connectivity index (χ1v) is 7.33. The molecule has 1 saturated carbocycles. The first-order chi connectivity index (χ1) is 9.33. The number of hydrogen-bond acceptors (Lipinski definition) is 1. The second-order valence-corrected chi connectivity index (χ2v) is 6.04. The second kappa shape index (κ2) is 3.93. The van der Waals surface area contributed by atoms with Crippen LogP contribution in [0.4, 0.5) is 0 Å². The zero-order chi connectivity index (χ0) is 12.9. The molecule has 3 aliphatic rings. The van der Waals surface area contributed by atoms with Gasteiger partial charge in [-0.2, -0.15) is 0 Å². The zero-order valence-corrected chi connectivity index (χ0v) is 11.1. The van der Waals surface area contributed by atoms with Gasteiger partial charge in [0.15, 0.2) is 5.78 Å². The van der Waals surface area contributed by atoms with Crippen LogP contribution < -0.4 is 0 Å². The van der Waals surface area contributed by atoms with Gasteiger partial charge in [0.05, 0.1) is 0 Å². The van der Waals surface area contributed by atoms with Gasteiger partial charge < -0.3 is 0 Å². The van der Waals surface area contributed by atoms with E-state index in [2.05, 4.69) is 24.3 Å². The highest BCUT2D eigenvalue weighted by molar-refractivity contribution is 6.26. The highest BCUT2D eigenvalue weighted by Crippen LogP contribution is 2.61. The molecule has 0 heterocycles. The number of carbonyl (C=O) groups is 1. The molecule has 3 aliphatic carbocycles. The smallest absolute Gasteiger partial charge is 0.171 e. The molecule has 0 saturated heterocycles. The largest absolute Gasteiger partial charge is 0.293 e. The highest BCUT2D eigenvalue weighted by atomic mass is 16.1. The van der Waals surface area contributed by atoms with Crippen molar-refractivity contribution in [2.75, 3.05) is 0 Å². The van der Waals surface area contributed by atoms with Crippen LogP contribution in [-0.2, 0) is 4.79 Å². The lowest BCUT2D eigenvalue weighted by molar-refractivity contribution is -0.117. The Morgan fingerprint density at radius 1 is 1.11 bits per heavy atom. The number of allylic oxidation sites excluding steroid dienone is 4. The predicted octanol–water partition coefficient (Wildman–Crippen LogP) is 4.16.